The summed E-state index contributed by atoms with van der Waals surface area (Å²) < 4.78 is 0. The van der Waals surface area contributed by atoms with Crippen LogP contribution in [0.1, 0.15) is 43.2 Å². The second-order valence-corrected chi connectivity index (χ2v) is 7.54. The zero-order valence-corrected chi connectivity index (χ0v) is 16.0. The molecule has 2 N–H and O–H groups in total. The Hall–Kier alpha value is -1.98. The number of nitrogens with zero attached hydrogens (tertiary/aromatic N) is 3. The van der Waals surface area contributed by atoms with Crippen molar-refractivity contribution in [2.24, 2.45) is 0 Å². The van der Waals surface area contributed by atoms with Crippen LogP contribution in [-0.4, -0.2) is 41.0 Å². The van der Waals surface area contributed by atoms with E-state index in [4.69, 9.17) is 0 Å². The number of rotatable bonds is 8. The molecule has 1 heterocycles. The first-order valence-electron chi connectivity index (χ1n) is 9.65. The predicted octanol–water partition coefficient (Wildman–Crippen LogP) is 3.44. The molecule has 0 unspecified atom stereocenters. The smallest absolute Gasteiger partial charge is 0.222 e. The molecule has 5 heteroatoms. The number of aromatic nitrogens is 2. The van der Waals surface area contributed by atoms with Gasteiger partial charge >= 0.3 is 0 Å². The van der Waals surface area contributed by atoms with Gasteiger partial charge in [0.05, 0.1) is 0 Å². The molecule has 1 aliphatic carbocycles. The molecule has 1 aromatic carbocycles. The van der Waals surface area contributed by atoms with Crippen LogP contribution in [0.15, 0.2) is 42.7 Å². The van der Waals surface area contributed by atoms with Gasteiger partial charge in [0.1, 0.15) is 0 Å². The van der Waals surface area contributed by atoms with E-state index in [1.165, 1.54) is 37.7 Å². The number of hydrogen-bond acceptors (Lipinski definition) is 5. The van der Waals surface area contributed by atoms with Crippen LogP contribution in [0.25, 0.3) is 0 Å². The summed E-state index contributed by atoms with van der Waals surface area (Å²) in [6, 6.07) is 10.3. The van der Waals surface area contributed by atoms with Gasteiger partial charge in [-0.3, -0.25) is 0 Å². The first-order chi connectivity index (χ1) is 12.7. The first kappa shape index (κ1) is 18.8. The molecule has 1 aliphatic rings. The lowest BCUT2D eigenvalue weighted by atomic mass is 9.80. The zero-order valence-electron chi connectivity index (χ0n) is 16.0. The molecule has 3 rings (SSSR count). The lowest BCUT2D eigenvalue weighted by molar-refractivity contribution is 0.0984. The second kappa shape index (κ2) is 9.10. The van der Waals surface area contributed by atoms with Gasteiger partial charge in [-0.2, -0.15) is 0 Å². The molecule has 26 heavy (non-hydrogen) atoms. The van der Waals surface area contributed by atoms with E-state index < -0.39 is 0 Å². The number of anilines is 1. The van der Waals surface area contributed by atoms with Gasteiger partial charge in [0.25, 0.3) is 0 Å². The van der Waals surface area contributed by atoms with Gasteiger partial charge in [0.15, 0.2) is 0 Å². The van der Waals surface area contributed by atoms with E-state index in [2.05, 4.69) is 51.7 Å². The molecule has 0 amide bonds. The molecule has 1 saturated carbocycles. The van der Waals surface area contributed by atoms with Crippen LogP contribution in [0, 0.1) is 0 Å². The fraction of sp³-hybridized carbons (Fsp3) is 0.524. The average molecular weight is 354 g/mol. The molecular weight excluding hydrogens is 322 g/mol. The van der Waals surface area contributed by atoms with Crippen molar-refractivity contribution in [3.63, 3.8) is 0 Å². The van der Waals surface area contributed by atoms with Crippen molar-refractivity contribution in [1.82, 2.24) is 20.2 Å². The highest BCUT2D eigenvalue weighted by Gasteiger charge is 2.33. The molecule has 0 bridgehead atoms. The van der Waals surface area contributed by atoms with E-state index >= 15 is 0 Å². The van der Waals surface area contributed by atoms with E-state index in [0.717, 1.165) is 25.2 Å². The van der Waals surface area contributed by atoms with Crippen molar-refractivity contribution >= 4 is 5.95 Å². The van der Waals surface area contributed by atoms with Gasteiger partial charge in [-0.15, -0.1) is 0 Å². The monoisotopic (exact) mass is 353 g/mol. The Balaban J connectivity index is 1.46. The lowest BCUT2D eigenvalue weighted by Gasteiger charge is -2.43. The van der Waals surface area contributed by atoms with Crippen molar-refractivity contribution in [2.45, 2.75) is 50.7 Å². The van der Waals surface area contributed by atoms with E-state index in [1.54, 1.807) is 0 Å². The SMILES string of the molecule is CN(C)C1(CNCc2cnc(NCc3ccccc3)nc2)CCCCC1. The molecule has 5 nitrogen and oxygen atoms in total. The summed E-state index contributed by atoms with van der Waals surface area (Å²) in [6.45, 7) is 2.58. The summed E-state index contributed by atoms with van der Waals surface area (Å²) in [4.78, 5) is 11.3. The standard InChI is InChI=1S/C21H31N5/c1-26(2)21(11-7-4-8-12-21)17-22-13-19-15-24-20(25-16-19)23-14-18-9-5-3-6-10-18/h3,5-6,9-10,15-16,22H,4,7-8,11-14,17H2,1-2H3,(H,23,24,25). The molecule has 0 atom stereocenters. The third-order valence-corrected chi connectivity index (χ3v) is 5.51. The minimum atomic E-state index is 0.302. The quantitative estimate of drug-likeness (QED) is 0.761. The third-order valence-electron chi connectivity index (χ3n) is 5.51. The molecule has 0 radical (unpaired) electrons. The number of benzene rings is 1. The fourth-order valence-electron chi connectivity index (χ4n) is 3.75. The van der Waals surface area contributed by atoms with Crippen LogP contribution >= 0.6 is 0 Å². The van der Waals surface area contributed by atoms with Crippen molar-refractivity contribution in [1.29, 1.82) is 0 Å². The molecule has 1 fully saturated rings. The summed E-state index contributed by atoms with van der Waals surface area (Å²) in [6.07, 6.45) is 10.4. The lowest BCUT2D eigenvalue weighted by Crippen LogP contribution is -2.52. The number of hydrogen-bond donors (Lipinski definition) is 2. The Bertz CT molecular complexity index is 648. The topological polar surface area (TPSA) is 53.1 Å². The van der Waals surface area contributed by atoms with Crippen molar-refractivity contribution in [3.05, 3.63) is 53.9 Å². The highest BCUT2D eigenvalue weighted by molar-refractivity contribution is 5.27. The maximum atomic E-state index is 4.44. The molecule has 2 aromatic rings. The minimum absolute atomic E-state index is 0.302. The van der Waals surface area contributed by atoms with Crippen molar-refractivity contribution in [2.75, 3.05) is 26.0 Å². The molecule has 1 aromatic heterocycles. The van der Waals surface area contributed by atoms with Gasteiger partial charge < -0.3 is 15.5 Å². The van der Waals surface area contributed by atoms with Gasteiger partial charge in [0.2, 0.25) is 5.95 Å². The molecule has 0 spiro atoms. The van der Waals surface area contributed by atoms with Gasteiger partial charge in [-0.1, -0.05) is 49.6 Å². The van der Waals surface area contributed by atoms with Crippen LogP contribution in [0.5, 0.6) is 0 Å². The van der Waals surface area contributed by atoms with Crippen molar-refractivity contribution in [3.8, 4) is 0 Å². The highest BCUT2D eigenvalue weighted by Crippen LogP contribution is 2.31. The molecule has 140 valence electrons. The van der Waals surface area contributed by atoms with Crippen LogP contribution in [0.2, 0.25) is 0 Å². The summed E-state index contributed by atoms with van der Waals surface area (Å²) >= 11 is 0. The molecular formula is C21H31N5. The maximum Gasteiger partial charge on any atom is 0.222 e. The summed E-state index contributed by atoms with van der Waals surface area (Å²) in [5, 5.41) is 6.90. The van der Waals surface area contributed by atoms with Crippen molar-refractivity contribution < 1.29 is 0 Å². The normalized spacial score (nSPS) is 16.6. The second-order valence-electron chi connectivity index (χ2n) is 7.54. The predicted molar refractivity (Wildman–Crippen MR) is 107 cm³/mol. The van der Waals surface area contributed by atoms with Crippen LogP contribution in [0.3, 0.4) is 0 Å². The van der Waals surface area contributed by atoms with Gasteiger partial charge in [0, 0.05) is 43.1 Å². The Labute approximate surface area is 157 Å². The Morgan fingerprint density at radius 1 is 0.923 bits per heavy atom. The van der Waals surface area contributed by atoms with E-state index in [-0.39, 0.29) is 0 Å². The zero-order chi connectivity index (χ0) is 18.2. The average Bonchev–Trinajstić information content (AvgIpc) is 2.69. The largest absolute Gasteiger partial charge is 0.350 e. The van der Waals surface area contributed by atoms with Gasteiger partial charge in [-0.05, 0) is 32.5 Å². The minimum Gasteiger partial charge on any atom is -0.350 e. The van der Waals surface area contributed by atoms with E-state index in [1.807, 2.05) is 30.6 Å². The Morgan fingerprint density at radius 2 is 1.62 bits per heavy atom. The highest BCUT2D eigenvalue weighted by atomic mass is 15.2. The fourth-order valence-corrected chi connectivity index (χ4v) is 3.75. The number of nitrogens with one attached hydrogen (secondary N) is 2. The Kier molecular flexibility index (Phi) is 6.58. The Morgan fingerprint density at radius 3 is 2.27 bits per heavy atom. The van der Waals surface area contributed by atoms with Gasteiger partial charge in [-0.25, -0.2) is 9.97 Å². The number of likely N-dealkylation sites (N-methyl/N-ethyl adjacent to an activating group) is 1. The molecule has 0 aliphatic heterocycles. The maximum absolute atomic E-state index is 4.44. The molecule has 0 saturated heterocycles. The summed E-state index contributed by atoms with van der Waals surface area (Å²) in [7, 11) is 4.42. The van der Waals surface area contributed by atoms with Crippen LogP contribution in [-0.2, 0) is 13.1 Å². The summed E-state index contributed by atoms with van der Waals surface area (Å²) in [5.41, 5.74) is 2.65. The third kappa shape index (κ3) is 5.02. The van der Waals surface area contributed by atoms with Crippen LogP contribution < -0.4 is 10.6 Å². The van der Waals surface area contributed by atoms with Crippen LogP contribution in [0.4, 0.5) is 5.95 Å². The first-order valence-corrected chi connectivity index (χ1v) is 9.65. The summed E-state index contributed by atoms with van der Waals surface area (Å²) in [5.74, 6) is 0.676. The van der Waals surface area contributed by atoms with E-state index in [0.29, 0.717) is 11.5 Å². The van der Waals surface area contributed by atoms with E-state index in [9.17, 15) is 0 Å².